The molecule has 0 aliphatic heterocycles. The van der Waals surface area contributed by atoms with Crippen LogP contribution in [0, 0.1) is 0 Å². The Hall–Kier alpha value is 0.515. The van der Waals surface area contributed by atoms with E-state index in [1.807, 2.05) is 13.8 Å². The fourth-order valence-electron chi connectivity index (χ4n) is 0.782. The summed E-state index contributed by atoms with van der Waals surface area (Å²) < 4.78 is 21.8. The van der Waals surface area contributed by atoms with Crippen molar-refractivity contribution in [3.8, 4) is 0 Å². The summed E-state index contributed by atoms with van der Waals surface area (Å²) in [7, 11) is 0.394. The molecular formula is C6H15BO3P2. The van der Waals surface area contributed by atoms with E-state index in [1.165, 1.54) is 0 Å². The van der Waals surface area contributed by atoms with Crippen molar-refractivity contribution in [3.05, 3.63) is 0 Å². The van der Waals surface area contributed by atoms with Gasteiger partial charge in [-0.15, -0.1) is 0 Å². The molecule has 0 radical (unpaired) electrons. The van der Waals surface area contributed by atoms with Crippen LogP contribution in [0.2, 0.25) is 6.32 Å². The normalized spacial score (nSPS) is 11.2. The summed E-state index contributed by atoms with van der Waals surface area (Å²) in [6, 6.07) is 0. The summed E-state index contributed by atoms with van der Waals surface area (Å²) in [4.78, 5) is 0. The molecule has 0 spiro atoms. The van der Waals surface area contributed by atoms with Crippen LogP contribution >= 0.6 is 16.3 Å². The molecule has 3 nitrogen and oxygen atoms in total. The van der Waals surface area contributed by atoms with Gasteiger partial charge in [0.1, 0.15) is 0 Å². The van der Waals surface area contributed by atoms with Crippen LogP contribution in [0.15, 0.2) is 0 Å². The van der Waals surface area contributed by atoms with Crippen molar-refractivity contribution in [1.82, 2.24) is 0 Å². The molecule has 0 atom stereocenters. The minimum absolute atomic E-state index is 0.430. The standard InChI is InChI=1S/C6H15BO3P2/c1-3-9-12(8,10-4-2)6-5-7-11/h11H,3-6H2,1-2H3. The first-order chi connectivity index (χ1) is 5.68. The fourth-order valence-corrected chi connectivity index (χ4v) is 2.73. The Morgan fingerprint density at radius 2 is 1.83 bits per heavy atom. The number of hydrogen-bond donors (Lipinski definition) is 0. The van der Waals surface area contributed by atoms with Crippen LogP contribution in [0.4, 0.5) is 0 Å². The molecular weight excluding hydrogens is 193 g/mol. The van der Waals surface area contributed by atoms with Gasteiger partial charge in [0.15, 0.2) is 0 Å². The van der Waals surface area contributed by atoms with E-state index in [4.69, 9.17) is 9.05 Å². The second kappa shape index (κ2) is 6.97. The van der Waals surface area contributed by atoms with Crippen LogP contribution in [0.3, 0.4) is 0 Å². The van der Waals surface area contributed by atoms with Crippen molar-refractivity contribution in [1.29, 1.82) is 0 Å². The van der Waals surface area contributed by atoms with Crippen molar-refractivity contribution >= 4 is 22.9 Å². The topological polar surface area (TPSA) is 35.5 Å². The average molecular weight is 208 g/mol. The van der Waals surface area contributed by atoms with E-state index in [1.54, 1.807) is 6.62 Å². The zero-order valence-electron chi connectivity index (χ0n) is 7.58. The summed E-state index contributed by atoms with van der Waals surface area (Å²) in [5.41, 5.74) is 0. The third-order valence-corrected chi connectivity index (χ3v) is 3.60. The van der Waals surface area contributed by atoms with Crippen molar-refractivity contribution in [3.63, 3.8) is 0 Å². The first-order valence-electron chi connectivity index (χ1n) is 4.05. The van der Waals surface area contributed by atoms with Crippen LogP contribution < -0.4 is 0 Å². The van der Waals surface area contributed by atoms with Gasteiger partial charge >= 0.3 is 76.1 Å². The molecule has 12 heavy (non-hydrogen) atoms. The Bertz CT molecular complexity index is 164. The van der Waals surface area contributed by atoms with E-state index in [2.05, 4.69) is 8.73 Å². The van der Waals surface area contributed by atoms with E-state index in [0.717, 1.165) is 0 Å². The Morgan fingerprint density at radius 3 is 2.17 bits per heavy atom. The van der Waals surface area contributed by atoms with Crippen molar-refractivity contribution < 1.29 is 13.6 Å². The summed E-state index contributed by atoms with van der Waals surface area (Å²) in [6.07, 6.45) is 1.13. The van der Waals surface area contributed by atoms with Crippen LogP contribution in [-0.4, -0.2) is 26.0 Å². The van der Waals surface area contributed by atoms with Gasteiger partial charge < -0.3 is 0 Å². The molecule has 0 bridgehead atoms. The van der Waals surface area contributed by atoms with E-state index >= 15 is 0 Å². The van der Waals surface area contributed by atoms with Gasteiger partial charge in [-0.3, -0.25) is 0 Å². The predicted molar refractivity (Wildman–Crippen MR) is 54.6 cm³/mol. The molecule has 70 valence electrons. The molecule has 0 saturated heterocycles. The van der Waals surface area contributed by atoms with E-state index in [9.17, 15) is 4.57 Å². The van der Waals surface area contributed by atoms with E-state index < -0.39 is 7.60 Å². The molecule has 0 N–H and O–H groups in total. The predicted octanol–water partition coefficient (Wildman–Crippen LogP) is 2.43. The zero-order chi connectivity index (χ0) is 9.45. The molecule has 0 unspecified atom stereocenters. The Morgan fingerprint density at radius 1 is 1.33 bits per heavy atom. The molecule has 0 aromatic heterocycles. The maximum absolute atomic E-state index is 11.7. The van der Waals surface area contributed by atoms with Crippen molar-refractivity contribution in [2.75, 3.05) is 19.4 Å². The van der Waals surface area contributed by atoms with Gasteiger partial charge in [0.05, 0.1) is 0 Å². The second-order valence-corrected chi connectivity index (χ2v) is 4.76. The van der Waals surface area contributed by atoms with Gasteiger partial charge in [-0.1, -0.05) is 0 Å². The molecule has 0 heterocycles. The molecule has 0 aromatic carbocycles. The Balaban J connectivity index is 3.98. The van der Waals surface area contributed by atoms with Crippen LogP contribution in [0.5, 0.6) is 0 Å². The summed E-state index contributed by atoms with van der Waals surface area (Å²) in [6.45, 7) is 6.24. The Labute approximate surface area is 76.8 Å². The summed E-state index contributed by atoms with van der Waals surface area (Å²) in [5.74, 6) is 0. The van der Waals surface area contributed by atoms with Crippen LogP contribution in [-0.2, 0) is 13.6 Å². The molecule has 0 saturated carbocycles. The maximum atomic E-state index is 11.7. The van der Waals surface area contributed by atoms with Gasteiger partial charge in [0, 0.05) is 0 Å². The summed E-state index contributed by atoms with van der Waals surface area (Å²) in [5, 5.41) is 0. The molecule has 0 amide bonds. The molecule has 0 aromatic rings. The van der Waals surface area contributed by atoms with Crippen molar-refractivity contribution in [2.45, 2.75) is 20.2 Å². The SMILES string of the molecule is CCOP(=O)(CCB=P)OCC. The van der Waals surface area contributed by atoms with Crippen LogP contribution in [0.25, 0.3) is 0 Å². The quantitative estimate of drug-likeness (QED) is 0.476. The van der Waals surface area contributed by atoms with Gasteiger partial charge in [-0.05, 0) is 0 Å². The van der Waals surface area contributed by atoms with Gasteiger partial charge in [-0.2, -0.15) is 0 Å². The van der Waals surface area contributed by atoms with Gasteiger partial charge in [0.2, 0.25) is 0 Å². The molecule has 0 aliphatic carbocycles. The van der Waals surface area contributed by atoms with Crippen LogP contribution in [0.1, 0.15) is 13.8 Å². The molecule has 6 heteroatoms. The molecule has 0 rings (SSSR count). The Kier molecular flexibility index (Phi) is 7.27. The minimum atomic E-state index is -2.80. The van der Waals surface area contributed by atoms with Gasteiger partial charge in [-0.25, -0.2) is 0 Å². The second-order valence-electron chi connectivity index (χ2n) is 2.16. The third-order valence-electron chi connectivity index (χ3n) is 1.20. The van der Waals surface area contributed by atoms with E-state index in [0.29, 0.717) is 25.7 Å². The number of hydrogen-bond acceptors (Lipinski definition) is 3. The fraction of sp³-hybridized carbons (Fsp3) is 1.00. The molecule has 0 aliphatic rings. The van der Waals surface area contributed by atoms with E-state index in [-0.39, 0.29) is 0 Å². The zero-order valence-corrected chi connectivity index (χ0v) is 9.47. The molecule has 0 fully saturated rings. The first-order valence-corrected chi connectivity index (χ1v) is 6.36. The van der Waals surface area contributed by atoms with Crippen molar-refractivity contribution in [2.24, 2.45) is 0 Å². The number of rotatable bonds is 7. The summed E-state index contributed by atoms with van der Waals surface area (Å²) >= 11 is 0. The first kappa shape index (κ1) is 12.5. The van der Waals surface area contributed by atoms with Gasteiger partial charge in [0.25, 0.3) is 0 Å². The monoisotopic (exact) mass is 208 g/mol. The third kappa shape index (κ3) is 5.21. The average Bonchev–Trinajstić information content (AvgIpc) is 2.02.